The Hall–Kier alpha value is -3.12. The number of rotatable bonds is 7. The third-order valence-corrected chi connectivity index (χ3v) is 9.85. The maximum Gasteiger partial charge on any atom is 0.338 e. The minimum Gasteiger partial charge on any atom is -0.481 e. The van der Waals surface area contributed by atoms with Crippen LogP contribution in [-0.4, -0.2) is 29.9 Å². The average Bonchev–Trinajstić information content (AvgIpc) is 3.40. The van der Waals surface area contributed by atoms with Crippen molar-refractivity contribution in [3.05, 3.63) is 51.9 Å². The summed E-state index contributed by atoms with van der Waals surface area (Å²) in [6.45, 7) is 6.14. The second kappa shape index (κ2) is 7.95. The van der Waals surface area contributed by atoms with Gasteiger partial charge < -0.3 is 14.6 Å². The number of aldehydes is 1. The van der Waals surface area contributed by atoms with E-state index in [1.54, 1.807) is 0 Å². The van der Waals surface area contributed by atoms with Crippen LogP contribution in [0.5, 0.6) is 0 Å². The smallest absolute Gasteiger partial charge is 0.338 e. The van der Waals surface area contributed by atoms with E-state index in [1.807, 2.05) is 13.8 Å². The van der Waals surface area contributed by atoms with Gasteiger partial charge in [0.2, 0.25) is 0 Å². The van der Waals surface area contributed by atoms with Gasteiger partial charge in [-0.2, -0.15) is 0 Å². The summed E-state index contributed by atoms with van der Waals surface area (Å²) in [7, 11) is 0. The summed E-state index contributed by atoms with van der Waals surface area (Å²) in [6.07, 6.45) is 6.06. The van der Waals surface area contributed by atoms with Gasteiger partial charge in [0, 0.05) is 16.0 Å². The van der Waals surface area contributed by atoms with Crippen LogP contribution in [0.3, 0.4) is 0 Å². The van der Waals surface area contributed by atoms with Crippen LogP contribution in [0.15, 0.2) is 41.0 Å². The normalized spacial score (nSPS) is 38.5. The van der Waals surface area contributed by atoms with Crippen LogP contribution in [0.2, 0.25) is 0 Å². The number of hydrogen-bond donors (Lipinski definition) is 1. The number of carbonyl (C=O) groups excluding carboxylic acids is 2. The third-order valence-electron chi connectivity index (χ3n) is 9.85. The maximum absolute atomic E-state index is 13.4. The number of ether oxygens (including phenoxy) is 1. The average molecular weight is 478 g/mol. The molecule has 8 nitrogen and oxygen atoms in total. The summed E-state index contributed by atoms with van der Waals surface area (Å²) < 4.78 is 5.89. The lowest BCUT2D eigenvalue weighted by molar-refractivity contribution is -0.184. The van der Waals surface area contributed by atoms with Crippen molar-refractivity contribution in [2.75, 3.05) is 6.61 Å². The summed E-state index contributed by atoms with van der Waals surface area (Å²) in [5.41, 5.74) is 6.90. The molecule has 1 aromatic rings. The summed E-state index contributed by atoms with van der Waals surface area (Å²) >= 11 is 0. The summed E-state index contributed by atoms with van der Waals surface area (Å²) in [4.78, 5) is 42.2. The number of fused-ring (bicyclic) bond motifs is 2. The second-order valence-corrected chi connectivity index (χ2v) is 11.3. The van der Waals surface area contributed by atoms with Crippen molar-refractivity contribution < 1.29 is 24.2 Å². The van der Waals surface area contributed by atoms with E-state index in [9.17, 15) is 19.5 Å². The number of esters is 1. The molecule has 3 fully saturated rings. The highest BCUT2D eigenvalue weighted by Gasteiger charge is 2.84. The van der Waals surface area contributed by atoms with Gasteiger partial charge in [0.05, 0.1) is 17.6 Å². The molecule has 184 valence electrons. The molecule has 1 N–H and O–H groups in total. The fraction of sp³-hybridized carbons (Fsp3) is 0.593. The SMILES string of the molecule is CC(C)C1=C[C@H]2C[C@]3(C=O)[C@@H]4CC[C@@H](C)[C@H]4C[C@@]2(COC(=O)c2ccc(N=[N+]=[N-])cc2)[C@]13C(=O)O. The van der Waals surface area contributed by atoms with Gasteiger partial charge in [-0.05, 0) is 66.5 Å². The quantitative estimate of drug-likeness (QED) is 0.134. The third kappa shape index (κ3) is 2.80. The Balaban J connectivity index is 1.57. The van der Waals surface area contributed by atoms with E-state index in [0.29, 0.717) is 30.0 Å². The van der Waals surface area contributed by atoms with E-state index >= 15 is 0 Å². The lowest BCUT2D eigenvalue weighted by Crippen LogP contribution is -2.63. The van der Waals surface area contributed by atoms with Crippen molar-refractivity contribution >= 4 is 23.9 Å². The Morgan fingerprint density at radius 3 is 2.57 bits per heavy atom. The van der Waals surface area contributed by atoms with E-state index in [4.69, 9.17) is 10.3 Å². The van der Waals surface area contributed by atoms with E-state index in [2.05, 4.69) is 23.0 Å². The van der Waals surface area contributed by atoms with Crippen molar-refractivity contribution in [3.63, 3.8) is 0 Å². The lowest BCUT2D eigenvalue weighted by Gasteiger charge is -2.58. The highest BCUT2D eigenvalue weighted by molar-refractivity contribution is 5.92. The van der Waals surface area contributed by atoms with Crippen LogP contribution >= 0.6 is 0 Å². The fourth-order valence-electron chi connectivity index (χ4n) is 8.63. The number of hydrogen-bond acceptors (Lipinski definition) is 5. The maximum atomic E-state index is 13.4. The summed E-state index contributed by atoms with van der Waals surface area (Å²) in [5.74, 6) is -1.00. The number of benzene rings is 1. The lowest BCUT2D eigenvalue weighted by atomic mass is 9.43. The molecule has 8 heteroatoms. The topological polar surface area (TPSA) is 129 Å². The number of azide groups is 1. The minimum absolute atomic E-state index is 0.0330. The molecular formula is C27H31N3O5. The molecule has 0 aromatic heterocycles. The van der Waals surface area contributed by atoms with Gasteiger partial charge in [-0.1, -0.05) is 56.1 Å². The zero-order valence-corrected chi connectivity index (χ0v) is 20.3. The zero-order chi connectivity index (χ0) is 25.2. The van der Waals surface area contributed by atoms with Gasteiger partial charge >= 0.3 is 11.9 Å². The van der Waals surface area contributed by atoms with Crippen LogP contribution in [0, 0.1) is 45.8 Å². The second-order valence-electron chi connectivity index (χ2n) is 11.3. The molecule has 35 heavy (non-hydrogen) atoms. The van der Waals surface area contributed by atoms with Crippen molar-refractivity contribution in [3.8, 4) is 0 Å². The molecule has 3 saturated carbocycles. The minimum atomic E-state index is -1.36. The number of carboxylic acid groups (broad SMARTS) is 1. The molecule has 0 aliphatic heterocycles. The Bertz CT molecular complexity index is 1170. The first-order chi connectivity index (χ1) is 16.7. The zero-order valence-electron chi connectivity index (χ0n) is 20.3. The molecule has 5 rings (SSSR count). The molecule has 0 unspecified atom stereocenters. The van der Waals surface area contributed by atoms with Crippen molar-refractivity contribution in [2.24, 2.45) is 50.9 Å². The number of aliphatic carboxylic acids is 1. The van der Waals surface area contributed by atoms with Gasteiger partial charge in [0.25, 0.3) is 0 Å². The monoisotopic (exact) mass is 477 g/mol. The van der Waals surface area contributed by atoms with E-state index < -0.39 is 28.2 Å². The standard InChI is InChI=1S/C27H31N3O5/c1-15(2)22-10-18-11-25(13-31)21-9-4-16(3)20(21)12-26(18,27(22,25)24(33)34)14-35-23(32)17-5-7-19(8-6-17)29-30-28/h5-8,10,13,15-16,18,20-21H,4,9,11-12,14H2,1-3H3,(H,33,34)/t16-,18+,20-,21-,25+,26+,27+/m1/s1. The van der Waals surface area contributed by atoms with Crippen LogP contribution in [-0.2, 0) is 14.3 Å². The Morgan fingerprint density at radius 2 is 1.97 bits per heavy atom. The molecule has 0 heterocycles. The molecule has 1 aromatic carbocycles. The first-order valence-electron chi connectivity index (χ1n) is 12.4. The van der Waals surface area contributed by atoms with E-state index in [0.717, 1.165) is 24.7 Å². The molecule has 4 bridgehead atoms. The van der Waals surface area contributed by atoms with Gasteiger partial charge in [-0.3, -0.25) is 4.79 Å². The van der Waals surface area contributed by atoms with Gasteiger partial charge in [-0.25, -0.2) is 4.79 Å². The molecule has 4 aliphatic rings. The van der Waals surface area contributed by atoms with Crippen LogP contribution in [0.1, 0.15) is 56.8 Å². The molecule has 7 atom stereocenters. The predicted molar refractivity (Wildman–Crippen MR) is 128 cm³/mol. The molecular weight excluding hydrogens is 446 g/mol. The number of nitrogens with zero attached hydrogens (tertiary/aromatic N) is 3. The first kappa shape index (κ1) is 23.6. The first-order valence-corrected chi connectivity index (χ1v) is 12.4. The molecule has 0 amide bonds. The highest BCUT2D eigenvalue weighted by atomic mass is 16.5. The molecule has 4 aliphatic carbocycles. The number of allylic oxidation sites excluding steroid dienone is 1. The van der Waals surface area contributed by atoms with E-state index in [1.165, 1.54) is 24.3 Å². The predicted octanol–water partition coefficient (Wildman–Crippen LogP) is 5.71. The Labute approximate surface area is 204 Å². The summed E-state index contributed by atoms with van der Waals surface area (Å²) in [6, 6.07) is 6.13. The van der Waals surface area contributed by atoms with Gasteiger partial charge in [0.15, 0.2) is 0 Å². The number of carboxylic acids is 1. The van der Waals surface area contributed by atoms with Gasteiger partial charge in [-0.15, -0.1) is 0 Å². The van der Waals surface area contributed by atoms with Crippen LogP contribution in [0.4, 0.5) is 5.69 Å². The van der Waals surface area contributed by atoms with Crippen LogP contribution in [0.25, 0.3) is 10.4 Å². The van der Waals surface area contributed by atoms with E-state index in [-0.39, 0.29) is 30.3 Å². The largest absolute Gasteiger partial charge is 0.481 e. The molecule has 0 spiro atoms. The molecule has 0 radical (unpaired) electrons. The molecule has 0 saturated heterocycles. The fourth-order valence-corrected chi connectivity index (χ4v) is 8.63. The Kier molecular flexibility index (Phi) is 5.37. The Morgan fingerprint density at radius 1 is 1.26 bits per heavy atom. The summed E-state index contributed by atoms with van der Waals surface area (Å²) in [5, 5.41) is 14.5. The van der Waals surface area contributed by atoms with Crippen molar-refractivity contribution in [2.45, 2.75) is 46.5 Å². The van der Waals surface area contributed by atoms with Crippen molar-refractivity contribution in [1.82, 2.24) is 0 Å². The van der Waals surface area contributed by atoms with Gasteiger partial charge in [0.1, 0.15) is 11.7 Å². The van der Waals surface area contributed by atoms with Crippen LogP contribution < -0.4 is 0 Å². The number of carbonyl (C=O) groups is 3. The van der Waals surface area contributed by atoms with Crippen molar-refractivity contribution in [1.29, 1.82) is 0 Å². The highest BCUT2D eigenvalue weighted by Crippen LogP contribution is 2.82.